The van der Waals surface area contributed by atoms with Gasteiger partial charge in [0.2, 0.25) is 0 Å². The van der Waals surface area contributed by atoms with Gasteiger partial charge in [0.15, 0.2) is 0 Å². The lowest BCUT2D eigenvalue weighted by Gasteiger charge is -2.05. The van der Waals surface area contributed by atoms with Gasteiger partial charge in [-0.3, -0.25) is 9.78 Å². The SMILES string of the molecule is NC(=O)c1cnn(-c2cccnc2C(N)=S)c1. The molecule has 4 N–H and O–H groups in total. The van der Waals surface area contributed by atoms with Crippen LogP contribution in [-0.4, -0.2) is 25.7 Å². The molecule has 0 aromatic carbocycles. The van der Waals surface area contributed by atoms with Crippen LogP contribution in [0.25, 0.3) is 5.69 Å². The molecule has 0 radical (unpaired) electrons. The van der Waals surface area contributed by atoms with E-state index in [1.165, 1.54) is 17.1 Å². The highest BCUT2D eigenvalue weighted by Crippen LogP contribution is 2.11. The summed E-state index contributed by atoms with van der Waals surface area (Å²) in [5.41, 5.74) is 12.1. The number of primary amides is 1. The summed E-state index contributed by atoms with van der Waals surface area (Å²) in [4.78, 5) is 15.2. The highest BCUT2D eigenvalue weighted by molar-refractivity contribution is 7.80. The first kappa shape index (κ1) is 11.2. The van der Waals surface area contributed by atoms with Gasteiger partial charge in [-0.2, -0.15) is 5.10 Å². The van der Waals surface area contributed by atoms with E-state index in [0.717, 1.165) is 0 Å². The number of rotatable bonds is 3. The van der Waals surface area contributed by atoms with Gasteiger partial charge in [-0.1, -0.05) is 12.2 Å². The van der Waals surface area contributed by atoms with E-state index in [4.69, 9.17) is 23.7 Å². The second kappa shape index (κ2) is 4.30. The summed E-state index contributed by atoms with van der Waals surface area (Å²) in [6.07, 6.45) is 4.45. The fourth-order valence-corrected chi connectivity index (χ4v) is 1.51. The fraction of sp³-hybridized carbons (Fsp3) is 0. The number of hydrogen-bond acceptors (Lipinski definition) is 4. The highest BCUT2D eigenvalue weighted by Gasteiger charge is 2.11. The van der Waals surface area contributed by atoms with Crippen LogP contribution in [0.15, 0.2) is 30.7 Å². The number of amides is 1. The van der Waals surface area contributed by atoms with Crippen molar-refractivity contribution in [3.8, 4) is 5.69 Å². The summed E-state index contributed by atoms with van der Waals surface area (Å²) in [5, 5.41) is 4.01. The zero-order chi connectivity index (χ0) is 12.4. The van der Waals surface area contributed by atoms with Crippen LogP contribution < -0.4 is 11.5 Å². The summed E-state index contributed by atoms with van der Waals surface area (Å²) in [6.45, 7) is 0. The largest absolute Gasteiger partial charge is 0.388 e. The van der Waals surface area contributed by atoms with Gasteiger partial charge in [0.25, 0.3) is 5.91 Å². The Morgan fingerprint density at radius 3 is 2.76 bits per heavy atom. The summed E-state index contributed by atoms with van der Waals surface area (Å²) in [5.74, 6) is -0.544. The third-order valence-electron chi connectivity index (χ3n) is 2.13. The second-order valence-electron chi connectivity index (χ2n) is 3.27. The number of nitrogens with zero attached hydrogens (tertiary/aromatic N) is 3. The van der Waals surface area contributed by atoms with E-state index in [2.05, 4.69) is 10.1 Å². The molecule has 1 amide bonds. The Hall–Kier alpha value is -2.28. The van der Waals surface area contributed by atoms with Gasteiger partial charge in [-0.05, 0) is 12.1 Å². The maximum atomic E-state index is 11.0. The van der Waals surface area contributed by atoms with Gasteiger partial charge < -0.3 is 11.5 Å². The standard InChI is InChI=1S/C10H9N5OS/c11-9(16)6-4-14-15(5-6)7-2-1-3-13-8(7)10(12)17/h1-5H,(H2,11,16)(H2,12,17). The number of carbonyl (C=O) groups is 1. The third kappa shape index (κ3) is 2.13. The van der Waals surface area contributed by atoms with Crippen LogP contribution in [0, 0.1) is 0 Å². The van der Waals surface area contributed by atoms with E-state index in [9.17, 15) is 4.79 Å². The lowest BCUT2D eigenvalue weighted by molar-refractivity contribution is 0.100. The smallest absolute Gasteiger partial charge is 0.251 e. The van der Waals surface area contributed by atoms with E-state index in [1.54, 1.807) is 18.3 Å². The molecule has 0 atom stereocenters. The van der Waals surface area contributed by atoms with E-state index >= 15 is 0 Å². The lowest BCUT2D eigenvalue weighted by atomic mass is 10.3. The van der Waals surface area contributed by atoms with Crippen molar-refractivity contribution in [1.29, 1.82) is 0 Å². The second-order valence-corrected chi connectivity index (χ2v) is 3.71. The van der Waals surface area contributed by atoms with Crippen molar-refractivity contribution in [2.24, 2.45) is 11.5 Å². The predicted molar refractivity (Wildman–Crippen MR) is 65.8 cm³/mol. The summed E-state index contributed by atoms with van der Waals surface area (Å²) < 4.78 is 1.46. The average Bonchev–Trinajstić information content (AvgIpc) is 2.78. The maximum Gasteiger partial charge on any atom is 0.251 e. The molecule has 2 aromatic rings. The first-order chi connectivity index (χ1) is 8.09. The molecule has 0 spiro atoms. The number of pyridine rings is 1. The first-order valence-corrected chi connectivity index (χ1v) is 5.10. The number of nitrogens with two attached hydrogens (primary N) is 2. The summed E-state index contributed by atoms with van der Waals surface area (Å²) in [6, 6.07) is 3.47. The van der Waals surface area contributed by atoms with Gasteiger partial charge in [-0.15, -0.1) is 0 Å². The molecule has 7 heteroatoms. The molecule has 0 bridgehead atoms. The van der Waals surface area contributed by atoms with E-state index in [0.29, 0.717) is 16.9 Å². The van der Waals surface area contributed by atoms with Gasteiger partial charge in [0.05, 0.1) is 17.4 Å². The van der Waals surface area contributed by atoms with Crippen LogP contribution in [0.4, 0.5) is 0 Å². The number of carbonyl (C=O) groups excluding carboxylic acids is 1. The molecule has 0 fully saturated rings. The molecule has 2 rings (SSSR count). The molecule has 2 aromatic heterocycles. The van der Waals surface area contributed by atoms with E-state index < -0.39 is 5.91 Å². The molecule has 17 heavy (non-hydrogen) atoms. The molecule has 86 valence electrons. The molecule has 0 aliphatic carbocycles. The Morgan fingerprint density at radius 2 is 2.18 bits per heavy atom. The fourth-order valence-electron chi connectivity index (χ4n) is 1.35. The normalized spacial score (nSPS) is 10.1. The van der Waals surface area contributed by atoms with Crippen LogP contribution in [0.3, 0.4) is 0 Å². The van der Waals surface area contributed by atoms with Crippen molar-refractivity contribution in [3.05, 3.63) is 42.0 Å². The van der Waals surface area contributed by atoms with Gasteiger partial charge >= 0.3 is 0 Å². The van der Waals surface area contributed by atoms with Crippen molar-refractivity contribution in [1.82, 2.24) is 14.8 Å². The van der Waals surface area contributed by atoms with Crippen LogP contribution in [-0.2, 0) is 0 Å². The van der Waals surface area contributed by atoms with Crippen LogP contribution >= 0.6 is 12.2 Å². The molecule has 0 unspecified atom stereocenters. The summed E-state index contributed by atoms with van der Waals surface area (Å²) in [7, 11) is 0. The Kier molecular flexibility index (Phi) is 2.84. The minimum absolute atomic E-state index is 0.164. The van der Waals surface area contributed by atoms with Gasteiger partial charge in [0.1, 0.15) is 10.7 Å². The Labute approximate surface area is 102 Å². The minimum atomic E-state index is -0.544. The zero-order valence-corrected chi connectivity index (χ0v) is 9.52. The molecule has 0 saturated heterocycles. The molecule has 0 saturated carbocycles. The average molecular weight is 247 g/mol. The predicted octanol–water partition coefficient (Wildman–Crippen LogP) is 0.000400. The van der Waals surface area contributed by atoms with Gasteiger partial charge in [0, 0.05) is 12.4 Å². The monoisotopic (exact) mass is 247 g/mol. The molecular weight excluding hydrogens is 238 g/mol. The van der Waals surface area contributed by atoms with Crippen molar-refractivity contribution in [3.63, 3.8) is 0 Å². The number of aromatic nitrogens is 3. The number of thiocarbonyl (C=S) groups is 1. The molecule has 0 aliphatic heterocycles. The van der Waals surface area contributed by atoms with Crippen LogP contribution in [0.5, 0.6) is 0 Å². The number of hydrogen-bond donors (Lipinski definition) is 2. The van der Waals surface area contributed by atoms with Crippen molar-refractivity contribution in [2.45, 2.75) is 0 Å². The minimum Gasteiger partial charge on any atom is -0.388 e. The quantitative estimate of drug-likeness (QED) is 0.744. The molecular formula is C10H9N5OS. The van der Waals surface area contributed by atoms with Gasteiger partial charge in [-0.25, -0.2) is 4.68 Å². The van der Waals surface area contributed by atoms with E-state index in [1.807, 2.05) is 0 Å². The maximum absolute atomic E-state index is 11.0. The zero-order valence-electron chi connectivity index (χ0n) is 8.70. The van der Waals surface area contributed by atoms with Crippen molar-refractivity contribution >= 4 is 23.1 Å². The van der Waals surface area contributed by atoms with Crippen LogP contribution in [0.2, 0.25) is 0 Å². The Balaban J connectivity index is 2.52. The lowest BCUT2D eigenvalue weighted by Crippen LogP contribution is -2.15. The third-order valence-corrected chi connectivity index (χ3v) is 2.33. The van der Waals surface area contributed by atoms with Crippen molar-refractivity contribution in [2.75, 3.05) is 0 Å². The molecule has 0 aliphatic rings. The van der Waals surface area contributed by atoms with E-state index in [-0.39, 0.29) is 4.99 Å². The summed E-state index contributed by atoms with van der Waals surface area (Å²) >= 11 is 4.89. The van der Waals surface area contributed by atoms with Crippen molar-refractivity contribution < 1.29 is 4.79 Å². The van der Waals surface area contributed by atoms with Crippen LogP contribution in [0.1, 0.15) is 16.1 Å². The Morgan fingerprint density at radius 1 is 1.41 bits per heavy atom. The first-order valence-electron chi connectivity index (χ1n) is 4.69. The topological polar surface area (TPSA) is 99.8 Å². The molecule has 6 nitrogen and oxygen atoms in total. The highest BCUT2D eigenvalue weighted by atomic mass is 32.1. The molecule has 2 heterocycles. The Bertz CT molecular complexity index is 592.